The average molecular weight is 353 g/mol. The molecule has 0 saturated carbocycles. The lowest BCUT2D eigenvalue weighted by atomic mass is 10.1. The van der Waals surface area contributed by atoms with Gasteiger partial charge in [-0.1, -0.05) is 0 Å². The standard InChI is InChI=1S/C16H23N3O6/c1-24-7-3-5-17-15(20)12-9-13(11-14(10-12)19(22)23)16(21)18-6-4-8-25-2/h9-11H,3-8H2,1-2H3,(H,17,20)(H,18,21). The Morgan fingerprint density at radius 1 is 0.960 bits per heavy atom. The van der Waals surface area contributed by atoms with Gasteiger partial charge in [0, 0.05) is 63.8 Å². The summed E-state index contributed by atoms with van der Waals surface area (Å²) in [6.07, 6.45) is 1.23. The van der Waals surface area contributed by atoms with Crippen LogP contribution in [-0.2, 0) is 9.47 Å². The largest absolute Gasteiger partial charge is 0.385 e. The van der Waals surface area contributed by atoms with E-state index in [4.69, 9.17) is 9.47 Å². The van der Waals surface area contributed by atoms with E-state index in [-0.39, 0.29) is 16.8 Å². The highest BCUT2D eigenvalue weighted by atomic mass is 16.6. The first-order chi connectivity index (χ1) is 12.0. The van der Waals surface area contributed by atoms with Crippen LogP contribution in [0.5, 0.6) is 0 Å². The van der Waals surface area contributed by atoms with Crippen LogP contribution >= 0.6 is 0 Å². The molecule has 0 bridgehead atoms. The number of hydrogen-bond acceptors (Lipinski definition) is 6. The summed E-state index contributed by atoms with van der Waals surface area (Å²) < 4.78 is 9.77. The van der Waals surface area contributed by atoms with Gasteiger partial charge in [-0.15, -0.1) is 0 Å². The van der Waals surface area contributed by atoms with Crippen molar-refractivity contribution in [1.29, 1.82) is 0 Å². The molecule has 1 rings (SSSR count). The molecule has 2 amide bonds. The molecule has 0 aliphatic carbocycles. The number of nitrogens with zero attached hydrogens (tertiary/aromatic N) is 1. The van der Waals surface area contributed by atoms with Gasteiger partial charge in [0.15, 0.2) is 0 Å². The lowest BCUT2D eigenvalue weighted by molar-refractivity contribution is -0.384. The Hall–Kier alpha value is -2.52. The van der Waals surface area contributed by atoms with E-state index in [9.17, 15) is 19.7 Å². The minimum atomic E-state index is -0.636. The molecule has 9 heteroatoms. The van der Waals surface area contributed by atoms with Crippen LogP contribution in [0.25, 0.3) is 0 Å². The Bertz CT molecular complexity index is 563. The second kappa shape index (κ2) is 11.1. The van der Waals surface area contributed by atoms with Crippen LogP contribution in [0, 0.1) is 10.1 Å². The van der Waals surface area contributed by atoms with Crippen LogP contribution in [-0.4, -0.2) is 57.3 Å². The fourth-order valence-electron chi connectivity index (χ4n) is 2.02. The third-order valence-electron chi connectivity index (χ3n) is 3.27. The average Bonchev–Trinajstić information content (AvgIpc) is 2.61. The summed E-state index contributed by atoms with van der Waals surface area (Å²) in [7, 11) is 3.11. The van der Waals surface area contributed by atoms with Gasteiger partial charge in [-0.2, -0.15) is 0 Å². The molecule has 0 heterocycles. The van der Waals surface area contributed by atoms with Gasteiger partial charge < -0.3 is 20.1 Å². The molecule has 0 radical (unpaired) electrons. The SMILES string of the molecule is COCCCNC(=O)c1cc(C(=O)NCCCOC)cc([N+](=O)[O-])c1. The van der Waals surface area contributed by atoms with Gasteiger partial charge in [-0.05, 0) is 18.9 Å². The van der Waals surface area contributed by atoms with Crippen molar-refractivity contribution >= 4 is 17.5 Å². The Balaban J connectivity index is 2.84. The quantitative estimate of drug-likeness (QED) is 0.349. The monoisotopic (exact) mass is 353 g/mol. The third kappa shape index (κ3) is 7.27. The van der Waals surface area contributed by atoms with Crippen LogP contribution in [0.15, 0.2) is 18.2 Å². The minimum absolute atomic E-state index is 0.0636. The molecule has 0 saturated heterocycles. The number of methoxy groups -OCH3 is 2. The molecule has 0 unspecified atom stereocenters. The smallest absolute Gasteiger partial charge is 0.271 e. The first-order valence-corrected chi connectivity index (χ1v) is 7.83. The molecule has 0 aliphatic rings. The Labute approximate surface area is 145 Å². The molecule has 1 aromatic carbocycles. The molecule has 0 fully saturated rings. The zero-order chi connectivity index (χ0) is 18.7. The van der Waals surface area contributed by atoms with Gasteiger partial charge in [0.25, 0.3) is 17.5 Å². The number of amides is 2. The first-order valence-electron chi connectivity index (χ1n) is 7.83. The predicted octanol–water partition coefficient (Wildman–Crippen LogP) is 1.13. The third-order valence-corrected chi connectivity index (χ3v) is 3.27. The lowest BCUT2D eigenvalue weighted by Crippen LogP contribution is -2.27. The predicted molar refractivity (Wildman–Crippen MR) is 90.7 cm³/mol. The molecule has 0 aromatic heterocycles. The normalized spacial score (nSPS) is 10.3. The van der Waals surface area contributed by atoms with Gasteiger partial charge in [-0.25, -0.2) is 0 Å². The summed E-state index contributed by atoms with van der Waals surface area (Å²) in [5.41, 5.74) is -0.186. The number of nitrogens with one attached hydrogen (secondary N) is 2. The molecular weight excluding hydrogens is 330 g/mol. The van der Waals surface area contributed by atoms with Gasteiger partial charge >= 0.3 is 0 Å². The number of hydrogen-bond donors (Lipinski definition) is 2. The van der Waals surface area contributed by atoms with Crippen molar-refractivity contribution in [2.45, 2.75) is 12.8 Å². The van der Waals surface area contributed by atoms with Gasteiger partial charge in [-0.3, -0.25) is 19.7 Å². The Kier molecular flexibility index (Phi) is 9.12. The summed E-state index contributed by atoms with van der Waals surface area (Å²) in [5, 5.41) is 16.3. The van der Waals surface area contributed by atoms with E-state index in [1.165, 1.54) is 6.07 Å². The minimum Gasteiger partial charge on any atom is -0.385 e. The zero-order valence-corrected chi connectivity index (χ0v) is 14.4. The van der Waals surface area contributed by atoms with Crippen molar-refractivity contribution in [2.24, 2.45) is 0 Å². The number of rotatable bonds is 11. The Morgan fingerprint density at radius 2 is 1.40 bits per heavy atom. The van der Waals surface area contributed by atoms with Crippen LogP contribution < -0.4 is 10.6 Å². The maximum atomic E-state index is 12.1. The van der Waals surface area contributed by atoms with Gasteiger partial charge in [0.1, 0.15) is 0 Å². The fourth-order valence-corrected chi connectivity index (χ4v) is 2.02. The summed E-state index contributed by atoms with van der Waals surface area (Å²) in [5.74, 6) is -0.957. The van der Waals surface area contributed by atoms with Crippen LogP contribution in [0.3, 0.4) is 0 Å². The summed E-state index contributed by atoms with van der Waals surface area (Å²) in [6.45, 7) is 1.72. The van der Waals surface area contributed by atoms with Crippen molar-refractivity contribution in [2.75, 3.05) is 40.5 Å². The molecule has 138 valence electrons. The first kappa shape index (κ1) is 20.5. The zero-order valence-electron chi connectivity index (χ0n) is 14.4. The number of ether oxygens (including phenoxy) is 2. The highest BCUT2D eigenvalue weighted by Crippen LogP contribution is 2.17. The van der Waals surface area contributed by atoms with Crippen LogP contribution in [0.4, 0.5) is 5.69 Å². The maximum Gasteiger partial charge on any atom is 0.271 e. The van der Waals surface area contributed by atoms with E-state index in [2.05, 4.69) is 10.6 Å². The van der Waals surface area contributed by atoms with E-state index >= 15 is 0 Å². The second-order valence-corrected chi connectivity index (χ2v) is 5.23. The number of nitro groups is 1. The van der Waals surface area contributed by atoms with Gasteiger partial charge in [0.2, 0.25) is 0 Å². The number of carbonyl (C=O) groups is 2. The van der Waals surface area contributed by atoms with E-state index in [1.807, 2.05) is 0 Å². The maximum absolute atomic E-state index is 12.1. The lowest BCUT2D eigenvalue weighted by Gasteiger charge is -2.08. The van der Waals surface area contributed by atoms with Crippen molar-refractivity contribution < 1.29 is 24.0 Å². The van der Waals surface area contributed by atoms with Crippen molar-refractivity contribution in [3.63, 3.8) is 0 Å². The van der Waals surface area contributed by atoms with Crippen molar-refractivity contribution in [3.8, 4) is 0 Å². The van der Waals surface area contributed by atoms with Gasteiger partial charge in [0.05, 0.1) is 4.92 Å². The molecule has 25 heavy (non-hydrogen) atoms. The highest BCUT2D eigenvalue weighted by molar-refractivity contribution is 6.00. The van der Waals surface area contributed by atoms with E-state index in [1.54, 1.807) is 14.2 Å². The molecule has 0 aliphatic heterocycles. The molecule has 9 nitrogen and oxygen atoms in total. The molecule has 1 aromatic rings. The number of carbonyl (C=O) groups excluding carboxylic acids is 2. The second-order valence-electron chi connectivity index (χ2n) is 5.23. The van der Waals surface area contributed by atoms with Crippen LogP contribution in [0.2, 0.25) is 0 Å². The number of nitro benzene ring substituents is 1. The van der Waals surface area contributed by atoms with Crippen molar-refractivity contribution in [1.82, 2.24) is 10.6 Å². The number of benzene rings is 1. The topological polar surface area (TPSA) is 120 Å². The molecule has 0 atom stereocenters. The molecule has 2 N–H and O–H groups in total. The van der Waals surface area contributed by atoms with E-state index in [0.717, 1.165) is 12.1 Å². The summed E-state index contributed by atoms with van der Waals surface area (Å²) >= 11 is 0. The summed E-state index contributed by atoms with van der Waals surface area (Å²) in [6, 6.07) is 3.63. The van der Waals surface area contributed by atoms with Crippen LogP contribution in [0.1, 0.15) is 33.6 Å². The highest BCUT2D eigenvalue weighted by Gasteiger charge is 2.17. The summed E-state index contributed by atoms with van der Waals surface area (Å²) in [4.78, 5) is 34.7. The molecular formula is C16H23N3O6. The Morgan fingerprint density at radius 3 is 1.76 bits per heavy atom. The fraction of sp³-hybridized carbons (Fsp3) is 0.500. The van der Waals surface area contributed by atoms with E-state index < -0.39 is 16.7 Å². The number of non-ortho nitro benzene ring substituents is 1. The molecule has 0 spiro atoms. The van der Waals surface area contributed by atoms with E-state index in [0.29, 0.717) is 39.1 Å². The van der Waals surface area contributed by atoms with Crippen molar-refractivity contribution in [3.05, 3.63) is 39.4 Å².